The summed E-state index contributed by atoms with van der Waals surface area (Å²) >= 11 is 0. The molecule has 0 heterocycles. The first-order chi connectivity index (χ1) is 9.92. The van der Waals surface area contributed by atoms with Crippen LogP contribution in [0.4, 0.5) is 4.39 Å². The molecule has 0 saturated heterocycles. The standard InChI is InChI=1S/C19H30FN/c1-5-19(3,4)16-7-9-17(10-8-16)21-13-15-6-11-18(20)14(2)12-15/h6,11-12,16-17,21H,5,7-10,13H2,1-4H3. The van der Waals surface area contributed by atoms with Crippen LogP contribution < -0.4 is 5.32 Å². The van der Waals surface area contributed by atoms with Gasteiger partial charge in [0.1, 0.15) is 5.82 Å². The van der Waals surface area contributed by atoms with E-state index in [1.807, 2.05) is 19.1 Å². The van der Waals surface area contributed by atoms with Crippen molar-refractivity contribution in [3.8, 4) is 0 Å². The van der Waals surface area contributed by atoms with Crippen LogP contribution in [-0.2, 0) is 6.54 Å². The van der Waals surface area contributed by atoms with Gasteiger partial charge in [-0.05, 0) is 61.1 Å². The molecule has 0 unspecified atom stereocenters. The fourth-order valence-corrected chi connectivity index (χ4v) is 3.45. The average molecular weight is 291 g/mol. The minimum absolute atomic E-state index is 0.110. The molecule has 1 fully saturated rings. The van der Waals surface area contributed by atoms with Crippen LogP contribution >= 0.6 is 0 Å². The molecule has 0 spiro atoms. The number of aryl methyl sites for hydroxylation is 1. The summed E-state index contributed by atoms with van der Waals surface area (Å²) < 4.78 is 13.3. The molecule has 21 heavy (non-hydrogen) atoms. The van der Waals surface area contributed by atoms with E-state index in [2.05, 4.69) is 26.1 Å². The van der Waals surface area contributed by atoms with Gasteiger partial charge < -0.3 is 5.32 Å². The van der Waals surface area contributed by atoms with Crippen molar-refractivity contribution < 1.29 is 4.39 Å². The van der Waals surface area contributed by atoms with Crippen molar-refractivity contribution >= 4 is 0 Å². The van der Waals surface area contributed by atoms with Gasteiger partial charge in [0.05, 0.1) is 0 Å². The van der Waals surface area contributed by atoms with Gasteiger partial charge in [-0.25, -0.2) is 4.39 Å². The Hall–Kier alpha value is -0.890. The van der Waals surface area contributed by atoms with Crippen molar-refractivity contribution in [2.75, 3.05) is 0 Å². The SMILES string of the molecule is CCC(C)(C)C1CCC(NCc2ccc(F)c(C)c2)CC1. The summed E-state index contributed by atoms with van der Waals surface area (Å²) in [5.41, 5.74) is 2.41. The molecule has 1 N–H and O–H groups in total. The molecule has 0 bridgehead atoms. The number of halogens is 1. The minimum atomic E-state index is -0.110. The Morgan fingerprint density at radius 3 is 2.43 bits per heavy atom. The van der Waals surface area contributed by atoms with E-state index in [1.165, 1.54) is 37.7 Å². The van der Waals surface area contributed by atoms with Crippen molar-refractivity contribution in [2.24, 2.45) is 11.3 Å². The van der Waals surface area contributed by atoms with Gasteiger partial charge in [-0.15, -0.1) is 0 Å². The third kappa shape index (κ3) is 4.29. The van der Waals surface area contributed by atoms with Gasteiger partial charge in [-0.1, -0.05) is 39.3 Å². The Morgan fingerprint density at radius 2 is 1.86 bits per heavy atom. The Labute approximate surface area is 129 Å². The largest absolute Gasteiger partial charge is 0.310 e. The van der Waals surface area contributed by atoms with Gasteiger partial charge in [-0.2, -0.15) is 0 Å². The first-order valence-electron chi connectivity index (χ1n) is 8.41. The number of rotatable bonds is 5. The molecule has 0 aliphatic heterocycles. The minimum Gasteiger partial charge on any atom is -0.310 e. The van der Waals surface area contributed by atoms with Crippen LogP contribution in [-0.4, -0.2) is 6.04 Å². The van der Waals surface area contributed by atoms with Gasteiger partial charge >= 0.3 is 0 Å². The van der Waals surface area contributed by atoms with E-state index in [-0.39, 0.29) is 5.82 Å². The summed E-state index contributed by atoms with van der Waals surface area (Å²) in [7, 11) is 0. The second kappa shape index (κ2) is 6.91. The van der Waals surface area contributed by atoms with Gasteiger partial charge in [0.2, 0.25) is 0 Å². The van der Waals surface area contributed by atoms with E-state index in [0.717, 1.165) is 18.0 Å². The Balaban J connectivity index is 1.80. The molecule has 1 aromatic rings. The number of hydrogen-bond acceptors (Lipinski definition) is 1. The van der Waals surface area contributed by atoms with Crippen LogP contribution in [0.25, 0.3) is 0 Å². The normalized spacial score (nSPS) is 23.3. The zero-order valence-electron chi connectivity index (χ0n) is 14.0. The molecule has 118 valence electrons. The maximum absolute atomic E-state index is 13.3. The fraction of sp³-hybridized carbons (Fsp3) is 0.684. The van der Waals surface area contributed by atoms with E-state index >= 15 is 0 Å². The van der Waals surface area contributed by atoms with Crippen LogP contribution in [0.1, 0.15) is 64.0 Å². The van der Waals surface area contributed by atoms with E-state index in [1.54, 1.807) is 6.07 Å². The monoisotopic (exact) mass is 291 g/mol. The molecule has 2 rings (SSSR count). The lowest BCUT2D eigenvalue weighted by atomic mass is 9.69. The Morgan fingerprint density at radius 1 is 1.19 bits per heavy atom. The smallest absolute Gasteiger partial charge is 0.126 e. The summed E-state index contributed by atoms with van der Waals surface area (Å²) in [6.45, 7) is 9.81. The number of benzene rings is 1. The molecule has 0 atom stereocenters. The van der Waals surface area contributed by atoms with Gasteiger partial charge in [0.25, 0.3) is 0 Å². The third-order valence-corrected chi connectivity index (χ3v) is 5.56. The zero-order valence-corrected chi connectivity index (χ0v) is 14.0. The van der Waals surface area contributed by atoms with Gasteiger partial charge in [0, 0.05) is 12.6 Å². The van der Waals surface area contributed by atoms with E-state index in [4.69, 9.17) is 0 Å². The Bertz CT molecular complexity index is 459. The van der Waals surface area contributed by atoms with Crippen LogP contribution in [0.5, 0.6) is 0 Å². The van der Waals surface area contributed by atoms with Gasteiger partial charge in [-0.3, -0.25) is 0 Å². The lowest BCUT2D eigenvalue weighted by Gasteiger charge is -2.39. The summed E-state index contributed by atoms with van der Waals surface area (Å²) in [6.07, 6.45) is 6.48. The number of hydrogen-bond donors (Lipinski definition) is 1. The lowest BCUT2D eigenvalue weighted by Crippen LogP contribution is -2.36. The van der Waals surface area contributed by atoms with E-state index in [0.29, 0.717) is 11.5 Å². The first kappa shape index (κ1) is 16.5. The predicted molar refractivity (Wildman–Crippen MR) is 87.8 cm³/mol. The van der Waals surface area contributed by atoms with Crippen molar-refractivity contribution in [1.29, 1.82) is 0 Å². The van der Waals surface area contributed by atoms with Crippen LogP contribution in [0.15, 0.2) is 18.2 Å². The molecule has 0 amide bonds. The predicted octanol–water partition coefficient (Wildman–Crippen LogP) is 5.22. The maximum atomic E-state index is 13.3. The molecule has 0 aromatic heterocycles. The van der Waals surface area contributed by atoms with Crippen molar-refractivity contribution in [3.63, 3.8) is 0 Å². The highest BCUT2D eigenvalue weighted by molar-refractivity contribution is 5.23. The summed E-state index contributed by atoms with van der Waals surface area (Å²) in [6, 6.07) is 6.04. The van der Waals surface area contributed by atoms with E-state index < -0.39 is 0 Å². The quantitative estimate of drug-likeness (QED) is 0.784. The topological polar surface area (TPSA) is 12.0 Å². The number of nitrogens with one attached hydrogen (secondary N) is 1. The first-order valence-corrected chi connectivity index (χ1v) is 8.41. The zero-order chi connectivity index (χ0) is 15.5. The highest BCUT2D eigenvalue weighted by Gasteiger charge is 2.31. The molecule has 1 nitrogen and oxygen atoms in total. The average Bonchev–Trinajstić information content (AvgIpc) is 2.49. The molecule has 1 saturated carbocycles. The maximum Gasteiger partial charge on any atom is 0.126 e. The van der Waals surface area contributed by atoms with Crippen LogP contribution in [0.2, 0.25) is 0 Å². The van der Waals surface area contributed by atoms with Crippen LogP contribution in [0, 0.1) is 24.1 Å². The summed E-state index contributed by atoms with van der Waals surface area (Å²) in [5.74, 6) is 0.759. The molecular formula is C19H30FN. The second-order valence-electron chi connectivity index (χ2n) is 7.36. The van der Waals surface area contributed by atoms with Crippen molar-refractivity contribution in [2.45, 2.75) is 72.4 Å². The molecule has 0 radical (unpaired) electrons. The Kier molecular flexibility index (Phi) is 5.43. The lowest BCUT2D eigenvalue weighted by molar-refractivity contribution is 0.137. The fourth-order valence-electron chi connectivity index (χ4n) is 3.45. The van der Waals surface area contributed by atoms with Gasteiger partial charge in [0.15, 0.2) is 0 Å². The summed E-state index contributed by atoms with van der Waals surface area (Å²) in [5, 5.41) is 3.65. The molecule has 1 aromatic carbocycles. The van der Waals surface area contributed by atoms with Crippen LogP contribution in [0.3, 0.4) is 0 Å². The summed E-state index contributed by atoms with van der Waals surface area (Å²) in [4.78, 5) is 0. The highest BCUT2D eigenvalue weighted by atomic mass is 19.1. The third-order valence-electron chi connectivity index (χ3n) is 5.56. The molecular weight excluding hydrogens is 261 g/mol. The molecule has 1 aliphatic carbocycles. The highest BCUT2D eigenvalue weighted by Crippen LogP contribution is 2.40. The van der Waals surface area contributed by atoms with Crippen molar-refractivity contribution in [1.82, 2.24) is 5.32 Å². The second-order valence-corrected chi connectivity index (χ2v) is 7.36. The van der Waals surface area contributed by atoms with E-state index in [9.17, 15) is 4.39 Å². The molecule has 2 heteroatoms. The molecule has 1 aliphatic rings. The van der Waals surface area contributed by atoms with Crippen molar-refractivity contribution in [3.05, 3.63) is 35.1 Å².